The van der Waals surface area contributed by atoms with Gasteiger partial charge in [-0.15, -0.1) is 0 Å². The molecular weight excluding hydrogens is 284 g/mol. The summed E-state index contributed by atoms with van der Waals surface area (Å²) in [6.45, 7) is 0. The molecule has 23 heavy (non-hydrogen) atoms. The first-order valence-corrected chi connectivity index (χ1v) is 7.48. The van der Waals surface area contributed by atoms with E-state index in [1.807, 2.05) is 78.9 Å². The standard InChI is InChI=1S/C21H18O2/c1-22-19-13-9-17(10-14-19)7-8-18-11-15-21(16-12-18)23-20-5-3-2-4-6-20/h2-16H,1H3. The van der Waals surface area contributed by atoms with Crippen LogP contribution in [0, 0.1) is 0 Å². The summed E-state index contributed by atoms with van der Waals surface area (Å²) in [5.41, 5.74) is 2.26. The molecule has 0 radical (unpaired) electrons. The Morgan fingerprint density at radius 2 is 1.04 bits per heavy atom. The minimum Gasteiger partial charge on any atom is -0.497 e. The van der Waals surface area contributed by atoms with Crippen LogP contribution >= 0.6 is 0 Å². The number of para-hydroxylation sites is 1. The van der Waals surface area contributed by atoms with E-state index in [9.17, 15) is 0 Å². The quantitative estimate of drug-likeness (QED) is 0.566. The Hall–Kier alpha value is -3.00. The molecule has 0 unspecified atom stereocenters. The molecule has 114 valence electrons. The van der Waals surface area contributed by atoms with Gasteiger partial charge >= 0.3 is 0 Å². The van der Waals surface area contributed by atoms with Crippen LogP contribution in [0.4, 0.5) is 0 Å². The van der Waals surface area contributed by atoms with E-state index >= 15 is 0 Å². The van der Waals surface area contributed by atoms with Crippen LogP contribution < -0.4 is 9.47 Å². The summed E-state index contributed by atoms with van der Waals surface area (Å²) in [6.07, 6.45) is 4.15. The van der Waals surface area contributed by atoms with Crippen molar-refractivity contribution < 1.29 is 9.47 Å². The van der Waals surface area contributed by atoms with Gasteiger partial charge in [-0.1, -0.05) is 54.6 Å². The van der Waals surface area contributed by atoms with Gasteiger partial charge in [0.25, 0.3) is 0 Å². The van der Waals surface area contributed by atoms with Crippen molar-refractivity contribution in [2.75, 3.05) is 7.11 Å². The molecule has 0 aromatic heterocycles. The molecule has 2 heteroatoms. The monoisotopic (exact) mass is 302 g/mol. The summed E-state index contributed by atoms with van der Waals surface area (Å²) in [6, 6.07) is 25.8. The number of methoxy groups -OCH3 is 1. The van der Waals surface area contributed by atoms with E-state index in [2.05, 4.69) is 12.2 Å². The van der Waals surface area contributed by atoms with Crippen LogP contribution in [-0.4, -0.2) is 7.11 Å². The summed E-state index contributed by atoms with van der Waals surface area (Å²) >= 11 is 0. The van der Waals surface area contributed by atoms with Crippen molar-refractivity contribution in [1.29, 1.82) is 0 Å². The lowest BCUT2D eigenvalue weighted by Crippen LogP contribution is -1.83. The van der Waals surface area contributed by atoms with E-state index in [0.717, 1.165) is 28.4 Å². The second-order valence-corrected chi connectivity index (χ2v) is 5.09. The maximum absolute atomic E-state index is 5.78. The van der Waals surface area contributed by atoms with Gasteiger partial charge < -0.3 is 9.47 Å². The highest BCUT2D eigenvalue weighted by Crippen LogP contribution is 2.22. The van der Waals surface area contributed by atoms with E-state index in [-0.39, 0.29) is 0 Å². The molecule has 0 heterocycles. The predicted molar refractivity (Wildman–Crippen MR) is 94.9 cm³/mol. The molecule has 3 aromatic carbocycles. The molecule has 2 nitrogen and oxygen atoms in total. The fourth-order valence-corrected chi connectivity index (χ4v) is 2.18. The second kappa shape index (κ2) is 7.32. The van der Waals surface area contributed by atoms with Gasteiger partial charge in [0, 0.05) is 0 Å². The van der Waals surface area contributed by atoms with Crippen molar-refractivity contribution in [2.24, 2.45) is 0 Å². The third-order valence-electron chi connectivity index (χ3n) is 3.44. The zero-order valence-corrected chi connectivity index (χ0v) is 13.0. The lowest BCUT2D eigenvalue weighted by Gasteiger charge is -2.05. The average Bonchev–Trinajstić information content (AvgIpc) is 2.62. The molecule has 0 N–H and O–H groups in total. The molecule has 0 aliphatic heterocycles. The van der Waals surface area contributed by atoms with Crippen molar-refractivity contribution in [3.63, 3.8) is 0 Å². The van der Waals surface area contributed by atoms with Crippen LogP contribution in [0.5, 0.6) is 17.2 Å². The Balaban J connectivity index is 1.65. The van der Waals surface area contributed by atoms with Crippen LogP contribution in [0.25, 0.3) is 12.2 Å². The highest BCUT2D eigenvalue weighted by Gasteiger charge is 1.96. The summed E-state index contributed by atoms with van der Waals surface area (Å²) in [7, 11) is 1.67. The van der Waals surface area contributed by atoms with Gasteiger partial charge in [0.15, 0.2) is 0 Å². The van der Waals surface area contributed by atoms with Crippen molar-refractivity contribution >= 4 is 12.2 Å². The topological polar surface area (TPSA) is 18.5 Å². The third-order valence-corrected chi connectivity index (χ3v) is 3.44. The molecule has 0 spiro atoms. The van der Waals surface area contributed by atoms with Gasteiger partial charge in [-0.05, 0) is 47.5 Å². The van der Waals surface area contributed by atoms with Crippen molar-refractivity contribution in [3.8, 4) is 17.2 Å². The van der Waals surface area contributed by atoms with Gasteiger partial charge in [0.1, 0.15) is 17.2 Å². The van der Waals surface area contributed by atoms with Gasteiger partial charge in [0.05, 0.1) is 7.11 Å². The Kier molecular flexibility index (Phi) is 4.75. The number of hydrogen-bond acceptors (Lipinski definition) is 2. The van der Waals surface area contributed by atoms with Crippen LogP contribution in [0.2, 0.25) is 0 Å². The fourth-order valence-electron chi connectivity index (χ4n) is 2.18. The van der Waals surface area contributed by atoms with Gasteiger partial charge in [-0.2, -0.15) is 0 Å². The van der Waals surface area contributed by atoms with E-state index in [0.29, 0.717) is 0 Å². The normalized spacial score (nSPS) is 10.7. The van der Waals surface area contributed by atoms with Crippen LogP contribution in [0.15, 0.2) is 78.9 Å². The predicted octanol–water partition coefficient (Wildman–Crippen LogP) is 5.66. The van der Waals surface area contributed by atoms with Crippen molar-refractivity contribution in [2.45, 2.75) is 0 Å². The smallest absolute Gasteiger partial charge is 0.127 e. The van der Waals surface area contributed by atoms with Gasteiger partial charge in [-0.25, -0.2) is 0 Å². The summed E-state index contributed by atoms with van der Waals surface area (Å²) < 4.78 is 10.9. The Labute approximate surface area is 136 Å². The van der Waals surface area contributed by atoms with Gasteiger partial charge in [-0.3, -0.25) is 0 Å². The largest absolute Gasteiger partial charge is 0.497 e. The molecule has 0 aliphatic carbocycles. The first-order valence-electron chi connectivity index (χ1n) is 7.48. The minimum atomic E-state index is 0.831. The highest BCUT2D eigenvalue weighted by molar-refractivity contribution is 5.70. The first kappa shape index (κ1) is 14.9. The van der Waals surface area contributed by atoms with Crippen LogP contribution in [0.3, 0.4) is 0 Å². The number of hydrogen-bond donors (Lipinski definition) is 0. The lowest BCUT2D eigenvalue weighted by molar-refractivity contribution is 0.415. The Morgan fingerprint density at radius 3 is 1.57 bits per heavy atom. The molecule has 0 fully saturated rings. The maximum atomic E-state index is 5.78. The number of rotatable bonds is 5. The number of ether oxygens (including phenoxy) is 2. The fraction of sp³-hybridized carbons (Fsp3) is 0.0476. The van der Waals surface area contributed by atoms with E-state index in [1.54, 1.807) is 7.11 Å². The summed E-state index contributed by atoms with van der Waals surface area (Å²) in [5.74, 6) is 2.54. The molecule has 0 amide bonds. The molecule has 0 saturated heterocycles. The number of benzene rings is 3. The molecule has 0 saturated carbocycles. The van der Waals surface area contributed by atoms with E-state index in [4.69, 9.17) is 9.47 Å². The van der Waals surface area contributed by atoms with Gasteiger partial charge in [0.2, 0.25) is 0 Å². The SMILES string of the molecule is COc1ccc(C=Cc2ccc(Oc3ccccc3)cc2)cc1. The van der Waals surface area contributed by atoms with E-state index in [1.165, 1.54) is 0 Å². The highest BCUT2D eigenvalue weighted by atomic mass is 16.5. The summed E-state index contributed by atoms with van der Waals surface area (Å²) in [5, 5.41) is 0. The molecule has 0 bridgehead atoms. The summed E-state index contributed by atoms with van der Waals surface area (Å²) in [4.78, 5) is 0. The van der Waals surface area contributed by atoms with Crippen molar-refractivity contribution in [1.82, 2.24) is 0 Å². The lowest BCUT2D eigenvalue weighted by atomic mass is 10.1. The molecular formula is C21H18O2. The third kappa shape index (κ3) is 4.24. The first-order chi connectivity index (χ1) is 11.3. The maximum Gasteiger partial charge on any atom is 0.127 e. The second-order valence-electron chi connectivity index (χ2n) is 5.09. The zero-order valence-electron chi connectivity index (χ0n) is 13.0. The van der Waals surface area contributed by atoms with Crippen LogP contribution in [-0.2, 0) is 0 Å². The zero-order chi connectivity index (χ0) is 15.9. The molecule has 0 atom stereocenters. The molecule has 3 rings (SSSR count). The molecule has 0 aliphatic rings. The average molecular weight is 302 g/mol. The van der Waals surface area contributed by atoms with Crippen LogP contribution in [0.1, 0.15) is 11.1 Å². The van der Waals surface area contributed by atoms with Crippen molar-refractivity contribution in [3.05, 3.63) is 90.0 Å². The molecule has 3 aromatic rings. The minimum absolute atomic E-state index is 0.831. The Morgan fingerprint density at radius 1 is 0.565 bits per heavy atom. The van der Waals surface area contributed by atoms with E-state index < -0.39 is 0 Å². The Bertz CT molecular complexity index is 757.